The van der Waals surface area contributed by atoms with Gasteiger partial charge in [0, 0.05) is 0 Å². The van der Waals surface area contributed by atoms with Crippen LogP contribution >= 0.6 is 0 Å². The Hall–Kier alpha value is -2.64. The highest BCUT2D eigenvalue weighted by Crippen LogP contribution is 2.28. The molecule has 1 fully saturated rings. The minimum absolute atomic E-state index is 0.103. The number of carbonyl (C=O) groups is 3. The Bertz CT molecular complexity index is 633. The lowest BCUT2D eigenvalue weighted by Crippen LogP contribution is -2.49. The fourth-order valence-electron chi connectivity index (χ4n) is 3.05. The van der Waals surface area contributed by atoms with Crippen molar-refractivity contribution in [1.29, 1.82) is 0 Å². The normalized spacial score (nSPS) is 15.4. The Morgan fingerprint density at radius 2 is 1.86 bits per heavy atom. The van der Waals surface area contributed by atoms with Gasteiger partial charge in [0.1, 0.15) is 23.1 Å². The highest BCUT2D eigenvalue weighted by Gasteiger charge is 2.34. The Kier molecular flexibility index (Phi) is 9.41. The molecule has 2 N–H and O–H groups in total. The van der Waals surface area contributed by atoms with Gasteiger partial charge in [-0.2, -0.15) is 0 Å². The van der Waals surface area contributed by atoms with Crippen LogP contribution in [0.5, 0.6) is 5.75 Å². The van der Waals surface area contributed by atoms with Gasteiger partial charge in [-0.15, -0.1) is 0 Å². The molecule has 1 aromatic rings. The zero-order valence-electron chi connectivity index (χ0n) is 16.9. The smallest absolute Gasteiger partial charge is 0.329 e. The number of rotatable bonds is 5. The lowest BCUT2D eigenvalue weighted by atomic mass is 9.83. The van der Waals surface area contributed by atoms with Crippen LogP contribution in [-0.4, -0.2) is 47.2 Å². The van der Waals surface area contributed by atoms with Crippen molar-refractivity contribution in [3.8, 4) is 5.75 Å². The maximum atomic E-state index is 12.6. The molecule has 1 amide bonds. The number of nitrogens with zero attached hydrogens (tertiary/aromatic N) is 1. The Morgan fingerprint density at radius 1 is 1.25 bits per heavy atom. The third kappa shape index (κ3) is 7.94. The maximum Gasteiger partial charge on any atom is 0.329 e. The van der Waals surface area contributed by atoms with E-state index in [-0.39, 0.29) is 30.0 Å². The van der Waals surface area contributed by atoms with E-state index in [1.54, 1.807) is 19.2 Å². The van der Waals surface area contributed by atoms with Crippen LogP contribution in [0, 0.1) is 5.92 Å². The summed E-state index contributed by atoms with van der Waals surface area (Å²) in [6, 6.07) is 2.61. The first-order valence-electron chi connectivity index (χ1n) is 9.33. The van der Waals surface area contributed by atoms with Crippen LogP contribution in [0.15, 0.2) is 18.3 Å². The average molecular weight is 394 g/mol. The number of pyridine rings is 1. The Balaban J connectivity index is 0.00000122. The van der Waals surface area contributed by atoms with E-state index in [2.05, 4.69) is 10.3 Å². The van der Waals surface area contributed by atoms with Crippen molar-refractivity contribution < 1.29 is 29.0 Å². The van der Waals surface area contributed by atoms with Crippen molar-refractivity contribution >= 4 is 18.3 Å². The molecule has 0 unspecified atom stereocenters. The standard InChI is InChI=1S/C19H28N2O4.CH2O2/c1-19(2,3)25-18(23)16(13-8-6-5-7-9-13)21-17(22)15-11-10-14(24-4)12-20-15;2-1-3/h10-13,16H,5-9H2,1-4H3,(H,21,22);1H,(H,2,3)/t16-;/m0./s1. The van der Waals surface area contributed by atoms with E-state index in [1.165, 1.54) is 12.6 Å². The second-order valence-electron chi connectivity index (χ2n) is 7.57. The molecule has 28 heavy (non-hydrogen) atoms. The third-order valence-corrected chi connectivity index (χ3v) is 4.27. The van der Waals surface area contributed by atoms with Gasteiger partial charge in [-0.1, -0.05) is 19.3 Å². The zero-order chi connectivity index (χ0) is 21.2. The molecule has 8 heteroatoms. The number of carboxylic acid groups (broad SMARTS) is 1. The molecule has 1 atom stereocenters. The van der Waals surface area contributed by atoms with Crippen LogP contribution in [0.3, 0.4) is 0 Å². The monoisotopic (exact) mass is 394 g/mol. The molecule has 156 valence electrons. The van der Waals surface area contributed by atoms with E-state index in [4.69, 9.17) is 19.4 Å². The van der Waals surface area contributed by atoms with Crippen molar-refractivity contribution in [2.75, 3.05) is 7.11 Å². The summed E-state index contributed by atoms with van der Waals surface area (Å²) in [6.07, 6.45) is 6.63. The summed E-state index contributed by atoms with van der Waals surface area (Å²) < 4.78 is 10.6. The molecule has 1 aromatic heterocycles. The number of methoxy groups -OCH3 is 1. The van der Waals surface area contributed by atoms with Gasteiger partial charge in [0.05, 0.1) is 13.3 Å². The average Bonchev–Trinajstić information content (AvgIpc) is 2.66. The van der Waals surface area contributed by atoms with Crippen LogP contribution in [0.1, 0.15) is 63.4 Å². The predicted molar refractivity (Wildman–Crippen MR) is 103 cm³/mol. The zero-order valence-corrected chi connectivity index (χ0v) is 16.9. The minimum Gasteiger partial charge on any atom is -0.495 e. The van der Waals surface area contributed by atoms with Crippen molar-refractivity contribution in [3.05, 3.63) is 24.0 Å². The van der Waals surface area contributed by atoms with Crippen molar-refractivity contribution in [3.63, 3.8) is 0 Å². The van der Waals surface area contributed by atoms with E-state index in [9.17, 15) is 9.59 Å². The molecule has 1 heterocycles. The first kappa shape index (κ1) is 23.4. The number of aromatic nitrogens is 1. The van der Waals surface area contributed by atoms with Crippen LogP contribution in [0.4, 0.5) is 0 Å². The third-order valence-electron chi connectivity index (χ3n) is 4.27. The Labute approximate surface area is 165 Å². The van der Waals surface area contributed by atoms with Gasteiger partial charge in [0.25, 0.3) is 12.4 Å². The number of amides is 1. The van der Waals surface area contributed by atoms with Gasteiger partial charge < -0.3 is 19.9 Å². The van der Waals surface area contributed by atoms with Gasteiger partial charge >= 0.3 is 5.97 Å². The second-order valence-corrected chi connectivity index (χ2v) is 7.57. The topological polar surface area (TPSA) is 115 Å². The van der Waals surface area contributed by atoms with Gasteiger partial charge in [0.2, 0.25) is 0 Å². The summed E-state index contributed by atoms with van der Waals surface area (Å²) in [4.78, 5) is 37.6. The van der Waals surface area contributed by atoms with E-state index in [0.29, 0.717) is 5.75 Å². The number of nitrogens with one attached hydrogen (secondary N) is 1. The number of hydrogen-bond acceptors (Lipinski definition) is 6. The summed E-state index contributed by atoms with van der Waals surface area (Å²) in [5.41, 5.74) is -0.335. The fourth-order valence-corrected chi connectivity index (χ4v) is 3.05. The summed E-state index contributed by atoms with van der Waals surface area (Å²) in [5, 5.41) is 9.73. The van der Waals surface area contributed by atoms with Gasteiger partial charge in [-0.25, -0.2) is 9.78 Å². The SMILES string of the molecule is COc1ccc(C(=O)N[C@H](C(=O)OC(C)(C)C)C2CCCCC2)nc1.O=CO. The van der Waals surface area contributed by atoms with Crippen LogP contribution < -0.4 is 10.1 Å². The first-order valence-corrected chi connectivity index (χ1v) is 9.33. The van der Waals surface area contributed by atoms with E-state index >= 15 is 0 Å². The molecule has 2 rings (SSSR count). The largest absolute Gasteiger partial charge is 0.495 e. The van der Waals surface area contributed by atoms with Gasteiger partial charge in [-0.05, 0) is 51.7 Å². The molecule has 0 spiro atoms. The number of hydrogen-bond donors (Lipinski definition) is 2. The summed E-state index contributed by atoms with van der Waals surface area (Å²) in [6.45, 7) is 5.24. The highest BCUT2D eigenvalue weighted by molar-refractivity contribution is 5.95. The van der Waals surface area contributed by atoms with E-state index in [1.807, 2.05) is 20.8 Å². The molecular weight excluding hydrogens is 364 g/mol. The number of carbonyl (C=O) groups excluding carboxylic acids is 2. The lowest BCUT2D eigenvalue weighted by molar-refractivity contribution is -0.159. The summed E-state index contributed by atoms with van der Waals surface area (Å²) in [5.74, 6) is -0.0660. The van der Waals surface area contributed by atoms with Crippen LogP contribution in [-0.2, 0) is 14.3 Å². The molecule has 0 aromatic carbocycles. The van der Waals surface area contributed by atoms with Crippen molar-refractivity contribution in [2.45, 2.75) is 64.5 Å². The molecule has 1 aliphatic rings. The predicted octanol–water partition coefficient (Wildman–Crippen LogP) is 2.81. The second kappa shape index (κ2) is 11.3. The molecule has 1 saturated carbocycles. The minimum atomic E-state index is -0.643. The molecule has 0 saturated heterocycles. The van der Waals surface area contributed by atoms with Crippen LogP contribution in [0.25, 0.3) is 0 Å². The van der Waals surface area contributed by atoms with Gasteiger partial charge in [-0.3, -0.25) is 9.59 Å². The molecule has 0 aliphatic heterocycles. The maximum absolute atomic E-state index is 12.6. The van der Waals surface area contributed by atoms with Gasteiger partial charge in [0.15, 0.2) is 0 Å². The summed E-state index contributed by atoms with van der Waals surface area (Å²) >= 11 is 0. The Morgan fingerprint density at radius 3 is 2.32 bits per heavy atom. The lowest BCUT2D eigenvalue weighted by Gasteiger charge is -2.31. The molecule has 1 aliphatic carbocycles. The highest BCUT2D eigenvalue weighted by atomic mass is 16.6. The number of esters is 1. The van der Waals surface area contributed by atoms with E-state index < -0.39 is 11.6 Å². The van der Waals surface area contributed by atoms with E-state index in [0.717, 1.165) is 25.7 Å². The van der Waals surface area contributed by atoms with Crippen molar-refractivity contribution in [2.24, 2.45) is 5.92 Å². The summed E-state index contributed by atoms with van der Waals surface area (Å²) in [7, 11) is 1.54. The fraction of sp³-hybridized carbons (Fsp3) is 0.600. The first-order chi connectivity index (χ1) is 13.2. The molecule has 8 nitrogen and oxygen atoms in total. The quantitative estimate of drug-likeness (QED) is 0.583. The number of ether oxygens (including phenoxy) is 2. The molecule has 0 radical (unpaired) electrons. The van der Waals surface area contributed by atoms with Crippen molar-refractivity contribution in [1.82, 2.24) is 10.3 Å². The molecule has 0 bridgehead atoms. The van der Waals surface area contributed by atoms with Crippen LogP contribution in [0.2, 0.25) is 0 Å². The molecular formula is C20H30N2O6.